The Hall–Kier alpha value is -1.94. The van der Waals surface area contributed by atoms with Crippen LogP contribution in [0, 0.1) is 12.7 Å². The molecular weight excluding hydrogens is 255 g/mol. The summed E-state index contributed by atoms with van der Waals surface area (Å²) in [6, 6.07) is 9.27. The third-order valence-electron chi connectivity index (χ3n) is 3.34. The Balaban J connectivity index is 1.62. The number of benzene rings is 1. The van der Waals surface area contributed by atoms with Crippen molar-refractivity contribution in [1.29, 1.82) is 0 Å². The van der Waals surface area contributed by atoms with Crippen molar-refractivity contribution in [3.63, 3.8) is 0 Å². The summed E-state index contributed by atoms with van der Waals surface area (Å²) in [4.78, 5) is 4.24. The predicted molar refractivity (Wildman–Crippen MR) is 75.3 cm³/mol. The number of nitrogens with zero attached hydrogens (tertiary/aromatic N) is 1. The van der Waals surface area contributed by atoms with Gasteiger partial charge in [-0.05, 0) is 37.0 Å². The highest BCUT2D eigenvalue weighted by Crippen LogP contribution is 2.22. The number of nitrogens with one attached hydrogen (secondary N) is 1. The highest BCUT2D eigenvalue weighted by Gasteiger charge is 2.19. The van der Waals surface area contributed by atoms with Gasteiger partial charge in [-0.3, -0.25) is 0 Å². The first kappa shape index (κ1) is 13.1. The summed E-state index contributed by atoms with van der Waals surface area (Å²) >= 11 is 0. The number of aromatic nitrogens is 1. The van der Waals surface area contributed by atoms with Crippen molar-refractivity contribution in [1.82, 2.24) is 10.3 Å². The second-order valence-corrected chi connectivity index (χ2v) is 5.17. The van der Waals surface area contributed by atoms with E-state index in [0.29, 0.717) is 23.2 Å². The van der Waals surface area contributed by atoms with E-state index in [4.69, 9.17) is 4.74 Å². The summed E-state index contributed by atoms with van der Waals surface area (Å²) < 4.78 is 19.0. The van der Waals surface area contributed by atoms with Crippen LogP contribution in [-0.4, -0.2) is 11.0 Å². The molecule has 1 aromatic carbocycles. The molecule has 20 heavy (non-hydrogen) atoms. The van der Waals surface area contributed by atoms with Crippen molar-refractivity contribution in [2.75, 3.05) is 0 Å². The number of hydrogen-bond donors (Lipinski definition) is 1. The van der Waals surface area contributed by atoms with E-state index in [9.17, 15) is 4.39 Å². The Labute approximate surface area is 117 Å². The van der Waals surface area contributed by atoms with Gasteiger partial charge in [0.2, 0.25) is 5.88 Å². The van der Waals surface area contributed by atoms with Crippen molar-refractivity contribution >= 4 is 0 Å². The van der Waals surface area contributed by atoms with Crippen LogP contribution >= 0.6 is 0 Å². The number of rotatable bonds is 5. The monoisotopic (exact) mass is 272 g/mol. The average molecular weight is 272 g/mol. The summed E-state index contributed by atoms with van der Waals surface area (Å²) in [5.74, 6) is 0.667. The van der Waals surface area contributed by atoms with Crippen LogP contribution in [0.2, 0.25) is 0 Å². The fraction of sp³-hybridized carbons (Fsp3) is 0.312. The summed E-state index contributed by atoms with van der Waals surface area (Å²) in [7, 11) is 0. The number of halogens is 1. The van der Waals surface area contributed by atoms with Crippen molar-refractivity contribution in [3.8, 4) is 11.6 Å². The molecule has 0 radical (unpaired) electrons. The number of aryl methyl sites for hydroxylation is 1. The lowest BCUT2D eigenvalue weighted by atomic mass is 10.2. The second-order valence-electron chi connectivity index (χ2n) is 5.17. The van der Waals surface area contributed by atoms with Gasteiger partial charge in [0, 0.05) is 30.9 Å². The van der Waals surface area contributed by atoms with Crippen LogP contribution < -0.4 is 10.1 Å². The first-order valence-corrected chi connectivity index (χ1v) is 6.83. The van der Waals surface area contributed by atoms with Gasteiger partial charge in [-0.15, -0.1) is 0 Å². The summed E-state index contributed by atoms with van der Waals surface area (Å²) in [6.45, 7) is 2.55. The first-order valence-electron chi connectivity index (χ1n) is 6.83. The molecule has 2 aromatic rings. The largest absolute Gasteiger partial charge is 0.439 e. The quantitative estimate of drug-likeness (QED) is 0.903. The summed E-state index contributed by atoms with van der Waals surface area (Å²) in [5.41, 5.74) is 1.73. The van der Waals surface area contributed by atoms with Crippen LogP contribution in [-0.2, 0) is 6.54 Å². The highest BCUT2D eigenvalue weighted by atomic mass is 19.1. The highest BCUT2D eigenvalue weighted by molar-refractivity contribution is 5.31. The molecule has 1 fully saturated rings. The third kappa shape index (κ3) is 3.33. The Morgan fingerprint density at radius 2 is 2.15 bits per heavy atom. The molecule has 0 bridgehead atoms. The van der Waals surface area contributed by atoms with Crippen LogP contribution in [0.25, 0.3) is 0 Å². The molecular formula is C16H17FN2O. The summed E-state index contributed by atoms with van der Waals surface area (Å²) in [6.07, 6.45) is 4.33. The molecule has 3 nitrogen and oxygen atoms in total. The van der Waals surface area contributed by atoms with Gasteiger partial charge in [0.15, 0.2) is 0 Å². The SMILES string of the molecule is Cc1ccc(Oc2ccc(CNC3CC3)cn2)cc1F. The average Bonchev–Trinajstić information content (AvgIpc) is 3.26. The van der Waals surface area contributed by atoms with Crippen LogP contribution in [0.1, 0.15) is 24.0 Å². The van der Waals surface area contributed by atoms with Gasteiger partial charge in [-0.2, -0.15) is 0 Å². The van der Waals surface area contributed by atoms with Gasteiger partial charge in [0.05, 0.1) is 0 Å². The zero-order valence-electron chi connectivity index (χ0n) is 11.4. The van der Waals surface area contributed by atoms with E-state index < -0.39 is 0 Å². The zero-order valence-corrected chi connectivity index (χ0v) is 11.4. The van der Waals surface area contributed by atoms with Gasteiger partial charge in [-0.25, -0.2) is 9.37 Å². The first-order chi connectivity index (χ1) is 9.70. The molecule has 0 atom stereocenters. The van der Waals surface area contributed by atoms with Crippen molar-refractivity contribution in [2.24, 2.45) is 0 Å². The van der Waals surface area contributed by atoms with E-state index in [-0.39, 0.29) is 5.82 Å². The standard InChI is InChI=1S/C16H17FN2O/c1-11-2-6-14(8-15(11)17)20-16-7-3-12(10-19-16)9-18-13-4-5-13/h2-3,6-8,10,13,18H,4-5,9H2,1H3. The van der Waals surface area contributed by atoms with Gasteiger partial charge >= 0.3 is 0 Å². The molecule has 1 saturated carbocycles. The summed E-state index contributed by atoms with van der Waals surface area (Å²) in [5, 5.41) is 3.43. The van der Waals surface area contributed by atoms with Crippen molar-refractivity contribution in [2.45, 2.75) is 32.4 Å². The van der Waals surface area contributed by atoms with Crippen LogP contribution in [0.5, 0.6) is 11.6 Å². The lowest BCUT2D eigenvalue weighted by Gasteiger charge is -2.07. The lowest BCUT2D eigenvalue weighted by molar-refractivity contribution is 0.457. The number of hydrogen-bond acceptors (Lipinski definition) is 3. The van der Waals surface area contributed by atoms with Crippen molar-refractivity contribution in [3.05, 3.63) is 53.5 Å². The molecule has 0 unspecified atom stereocenters. The van der Waals surface area contributed by atoms with E-state index >= 15 is 0 Å². The second kappa shape index (κ2) is 5.59. The van der Waals surface area contributed by atoms with E-state index in [0.717, 1.165) is 12.1 Å². The fourth-order valence-electron chi connectivity index (χ4n) is 1.88. The molecule has 0 saturated heterocycles. The maximum absolute atomic E-state index is 13.4. The van der Waals surface area contributed by atoms with E-state index in [2.05, 4.69) is 10.3 Å². The van der Waals surface area contributed by atoms with Gasteiger partial charge in [-0.1, -0.05) is 12.1 Å². The van der Waals surface area contributed by atoms with Crippen molar-refractivity contribution < 1.29 is 9.13 Å². The Kier molecular flexibility index (Phi) is 3.65. The Bertz CT molecular complexity index is 594. The molecule has 104 valence electrons. The predicted octanol–water partition coefficient (Wildman–Crippen LogP) is 3.57. The molecule has 1 aliphatic rings. The Morgan fingerprint density at radius 1 is 1.30 bits per heavy atom. The van der Waals surface area contributed by atoms with E-state index in [1.54, 1.807) is 25.3 Å². The van der Waals surface area contributed by atoms with Crippen LogP contribution in [0.15, 0.2) is 36.5 Å². The molecule has 1 aromatic heterocycles. The zero-order chi connectivity index (χ0) is 13.9. The molecule has 3 rings (SSSR count). The molecule has 1 aliphatic carbocycles. The van der Waals surface area contributed by atoms with E-state index in [1.807, 2.05) is 12.1 Å². The van der Waals surface area contributed by atoms with E-state index in [1.165, 1.54) is 18.9 Å². The van der Waals surface area contributed by atoms with Gasteiger partial charge < -0.3 is 10.1 Å². The molecule has 4 heteroatoms. The van der Waals surface area contributed by atoms with Crippen LogP contribution in [0.4, 0.5) is 4.39 Å². The molecule has 0 amide bonds. The molecule has 0 aliphatic heterocycles. The maximum Gasteiger partial charge on any atom is 0.219 e. The van der Waals surface area contributed by atoms with Gasteiger partial charge in [0.1, 0.15) is 11.6 Å². The smallest absolute Gasteiger partial charge is 0.219 e. The minimum Gasteiger partial charge on any atom is -0.439 e. The van der Waals surface area contributed by atoms with Gasteiger partial charge in [0.25, 0.3) is 0 Å². The molecule has 1 N–H and O–H groups in total. The molecule has 1 heterocycles. The minimum absolute atomic E-state index is 0.271. The molecule has 0 spiro atoms. The topological polar surface area (TPSA) is 34.1 Å². The third-order valence-corrected chi connectivity index (χ3v) is 3.34. The normalized spacial score (nSPS) is 14.3. The number of ether oxygens (including phenoxy) is 1. The maximum atomic E-state index is 13.4. The minimum atomic E-state index is -0.271. The fourth-order valence-corrected chi connectivity index (χ4v) is 1.88. The number of pyridine rings is 1. The Morgan fingerprint density at radius 3 is 2.80 bits per heavy atom. The lowest BCUT2D eigenvalue weighted by Crippen LogP contribution is -2.15. The van der Waals surface area contributed by atoms with Crippen LogP contribution in [0.3, 0.4) is 0 Å².